The highest BCUT2D eigenvalue weighted by atomic mass is 16.5. The molecule has 0 radical (unpaired) electrons. The number of nitrogens with zero attached hydrogens (tertiary/aromatic N) is 1. The molecule has 1 aliphatic heterocycles. The molecule has 4 heteroatoms. The summed E-state index contributed by atoms with van der Waals surface area (Å²) in [6, 6.07) is 4.21. The fraction of sp³-hybridized carbons (Fsp3) is 0.450. The van der Waals surface area contributed by atoms with Crippen molar-refractivity contribution in [1.29, 1.82) is 0 Å². The molecule has 0 spiro atoms. The molecule has 4 nitrogen and oxygen atoms in total. The van der Waals surface area contributed by atoms with E-state index in [2.05, 4.69) is 35.1 Å². The van der Waals surface area contributed by atoms with Gasteiger partial charge < -0.3 is 14.8 Å². The zero-order chi connectivity index (χ0) is 16.9. The minimum absolute atomic E-state index is 0.756. The number of unbranched alkanes of at least 4 members (excludes halogenated alkanes) is 4. The van der Waals surface area contributed by atoms with Crippen LogP contribution >= 0.6 is 0 Å². The molecular formula is C20H27N2O2+. The minimum atomic E-state index is 0.756. The number of ether oxygens (including phenoxy) is 2. The first-order chi connectivity index (χ1) is 11.8. The molecule has 0 fully saturated rings. The fourth-order valence-electron chi connectivity index (χ4n) is 3.42. The standard InChI is InChI=1S/C20H26N2O2/c1-4-5-6-7-8-12-22-13-10-15-14-17(23-2)20(24-3)19-18(15)16(22)9-11-21-19/h9-11,13-14H,4-8,12H2,1-3H3/p+1. The minimum Gasteiger partial charge on any atom is -0.493 e. The van der Waals surface area contributed by atoms with Gasteiger partial charge in [0.05, 0.1) is 25.3 Å². The van der Waals surface area contributed by atoms with E-state index in [4.69, 9.17) is 9.47 Å². The van der Waals surface area contributed by atoms with Gasteiger partial charge in [-0.2, -0.15) is 4.57 Å². The van der Waals surface area contributed by atoms with Crippen molar-refractivity contribution in [2.75, 3.05) is 19.5 Å². The van der Waals surface area contributed by atoms with Crippen LogP contribution in [0.15, 0.2) is 24.5 Å². The average molecular weight is 327 g/mol. The first-order valence-corrected chi connectivity index (χ1v) is 8.84. The highest BCUT2D eigenvalue weighted by Gasteiger charge is 2.24. The summed E-state index contributed by atoms with van der Waals surface area (Å²) >= 11 is 0. The lowest BCUT2D eigenvalue weighted by atomic mass is 10.0. The SMILES string of the molecule is CCCCCCC[n+]1ccc2cc(OC)c(OC)c3c2c1C=CN3. The summed E-state index contributed by atoms with van der Waals surface area (Å²) in [6.45, 7) is 3.30. The number of aryl methyl sites for hydroxylation is 1. The maximum atomic E-state index is 5.59. The maximum Gasteiger partial charge on any atom is 0.216 e. The zero-order valence-electron chi connectivity index (χ0n) is 14.9. The lowest BCUT2D eigenvalue weighted by Gasteiger charge is -2.18. The Hall–Kier alpha value is -2.23. The first-order valence-electron chi connectivity index (χ1n) is 8.84. The molecule has 1 N–H and O–H groups in total. The van der Waals surface area contributed by atoms with Gasteiger partial charge in [-0.1, -0.05) is 26.2 Å². The van der Waals surface area contributed by atoms with Crippen LogP contribution in [0.1, 0.15) is 44.7 Å². The van der Waals surface area contributed by atoms with Crippen molar-refractivity contribution in [3.8, 4) is 11.5 Å². The molecule has 0 saturated heterocycles. The summed E-state index contributed by atoms with van der Waals surface area (Å²) in [4.78, 5) is 0. The van der Waals surface area contributed by atoms with Gasteiger partial charge in [0.1, 0.15) is 6.54 Å². The van der Waals surface area contributed by atoms with Gasteiger partial charge in [-0.3, -0.25) is 0 Å². The van der Waals surface area contributed by atoms with E-state index in [-0.39, 0.29) is 0 Å². The molecule has 1 aromatic carbocycles. The fourth-order valence-corrected chi connectivity index (χ4v) is 3.42. The molecule has 0 saturated carbocycles. The second-order valence-corrected chi connectivity index (χ2v) is 6.24. The quantitative estimate of drug-likeness (QED) is 0.572. The molecule has 1 aromatic heterocycles. The molecule has 0 unspecified atom stereocenters. The van der Waals surface area contributed by atoms with Gasteiger partial charge in [-0.25, -0.2) is 0 Å². The monoisotopic (exact) mass is 327 g/mol. The summed E-state index contributed by atoms with van der Waals surface area (Å²) in [5, 5.41) is 5.70. The van der Waals surface area contributed by atoms with Crippen molar-refractivity contribution in [1.82, 2.24) is 0 Å². The Morgan fingerprint density at radius 2 is 1.92 bits per heavy atom. The van der Waals surface area contributed by atoms with Crippen LogP contribution in [0.2, 0.25) is 0 Å². The van der Waals surface area contributed by atoms with Crippen LogP contribution in [0.4, 0.5) is 5.69 Å². The van der Waals surface area contributed by atoms with Crippen LogP contribution in [-0.4, -0.2) is 14.2 Å². The molecule has 0 bridgehead atoms. The van der Waals surface area contributed by atoms with Gasteiger partial charge in [-0.15, -0.1) is 0 Å². The maximum absolute atomic E-state index is 5.59. The third-order valence-corrected chi connectivity index (χ3v) is 4.67. The number of hydrogen-bond donors (Lipinski definition) is 1. The Morgan fingerprint density at radius 1 is 1.08 bits per heavy atom. The number of pyridine rings is 1. The van der Waals surface area contributed by atoms with Crippen molar-refractivity contribution in [3.63, 3.8) is 0 Å². The van der Waals surface area contributed by atoms with Gasteiger partial charge in [0.25, 0.3) is 0 Å². The second-order valence-electron chi connectivity index (χ2n) is 6.24. The summed E-state index contributed by atoms with van der Waals surface area (Å²) in [6.07, 6.45) is 12.8. The largest absolute Gasteiger partial charge is 0.493 e. The van der Waals surface area contributed by atoms with Crippen LogP contribution in [-0.2, 0) is 6.54 Å². The Balaban J connectivity index is 1.97. The van der Waals surface area contributed by atoms with Crippen LogP contribution in [0, 0.1) is 0 Å². The number of aromatic nitrogens is 1. The van der Waals surface area contributed by atoms with Crippen LogP contribution in [0.5, 0.6) is 11.5 Å². The Labute approximate surface area is 144 Å². The summed E-state index contributed by atoms with van der Waals surface area (Å²) in [7, 11) is 3.36. The average Bonchev–Trinajstić information content (AvgIpc) is 2.62. The molecule has 24 heavy (non-hydrogen) atoms. The Bertz CT molecular complexity index is 753. The normalized spacial score (nSPS) is 12.3. The van der Waals surface area contributed by atoms with Gasteiger partial charge in [0, 0.05) is 30.1 Å². The molecule has 0 amide bonds. The van der Waals surface area contributed by atoms with E-state index in [1.54, 1.807) is 14.2 Å². The predicted molar refractivity (Wildman–Crippen MR) is 98.7 cm³/mol. The van der Waals surface area contributed by atoms with Gasteiger partial charge >= 0.3 is 0 Å². The molecular weight excluding hydrogens is 300 g/mol. The molecule has 1 aliphatic rings. The molecule has 3 rings (SSSR count). The number of hydrogen-bond acceptors (Lipinski definition) is 3. The van der Waals surface area contributed by atoms with E-state index in [1.165, 1.54) is 43.2 Å². The number of nitrogens with one attached hydrogen (secondary N) is 1. The third-order valence-electron chi connectivity index (χ3n) is 4.67. The van der Waals surface area contributed by atoms with E-state index in [0.29, 0.717) is 0 Å². The van der Waals surface area contributed by atoms with E-state index < -0.39 is 0 Å². The summed E-state index contributed by atoms with van der Waals surface area (Å²) in [5.74, 6) is 1.52. The second kappa shape index (κ2) is 7.56. The van der Waals surface area contributed by atoms with Gasteiger partial charge in [0.15, 0.2) is 17.7 Å². The summed E-state index contributed by atoms with van der Waals surface area (Å²) < 4.78 is 13.4. The van der Waals surface area contributed by atoms with Crippen LogP contribution in [0.25, 0.3) is 16.8 Å². The Morgan fingerprint density at radius 3 is 2.67 bits per heavy atom. The molecule has 128 valence electrons. The van der Waals surface area contributed by atoms with Crippen molar-refractivity contribution >= 4 is 22.5 Å². The van der Waals surface area contributed by atoms with E-state index >= 15 is 0 Å². The van der Waals surface area contributed by atoms with Crippen molar-refractivity contribution in [2.45, 2.75) is 45.6 Å². The van der Waals surface area contributed by atoms with Crippen LogP contribution in [0.3, 0.4) is 0 Å². The topological polar surface area (TPSA) is 34.4 Å². The number of methoxy groups -OCH3 is 2. The van der Waals surface area contributed by atoms with E-state index in [0.717, 1.165) is 29.1 Å². The van der Waals surface area contributed by atoms with Gasteiger partial charge in [-0.05, 0) is 12.5 Å². The van der Waals surface area contributed by atoms with Crippen molar-refractivity contribution in [2.24, 2.45) is 0 Å². The predicted octanol–water partition coefficient (Wildman–Crippen LogP) is 4.51. The number of anilines is 1. The molecule has 0 atom stereocenters. The van der Waals surface area contributed by atoms with Crippen molar-refractivity contribution in [3.05, 3.63) is 30.2 Å². The summed E-state index contributed by atoms with van der Waals surface area (Å²) in [5.41, 5.74) is 2.22. The molecule has 2 heterocycles. The van der Waals surface area contributed by atoms with Crippen LogP contribution < -0.4 is 19.4 Å². The highest BCUT2D eigenvalue weighted by molar-refractivity contribution is 6.04. The first kappa shape index (κ1) is 16.6. The van der Waals surface area contributed by atoms with Gasteiger partial charge in [0.2, 0.25) is 5.69 Å². The zero-order valence-corrected chi connectivity index (χ0v) is 14.9. The number of rotatable bonds is 8. The Kier molecular flexibility index (Phi) is 5.24. The smallest absolute Gasteiger partial charge is 0.216 e. The van der Waals surface area contributed by atoms with E-state index in [1.807, 2.05) is 12.3 Å². The highest BCUT2D eigenvalue weighted by Crippen LogP contribution is 2.43. The van der Waals surface area contributed by atoms with Crippen molar-refractivity contribution < 1.29 is 14.0 Å². The number of benzene rings is 1. The van der Waals surface area contributed by atoms with E-state index in [9.17, 15) is 0 Å². The molecule has 2 aromatic rings. The molecule has 0 aliphatic carbocycles. The third kappa shape index (κ3) is 3.05. The lowest BCUT2D eigenvalue weighted by Crippen LogP contribution is -2.37. The lowest BCUT2D eigenvalue weighted by molar-refractivity contribution is -0.697.